The summed E-state index contributed by atoms with van der Waals surface area (Å²) in [5, 5.41) is 6.30. The van der Waals surface area contributed by atoms with Crippen LogP contribution in [0.4, 0.5) is 0 Å². The minimum atomic E-state index is -0.177. The second kappa shape index (κ2) is 5.12. The topological polar surface area (TPSA) is 29.9 Å². The summed E-state index contributed by atoms with van der Waals surface area (Å²) in [6.07, 6.45) is 5.24. The van der Waals surface area contributed by atoms with Crippen molar-refractivity contribution in [2.75, 3.05) is 7.05 Å². The third kappa shape index (κ3) is 1.82. The molecule has 1 fully saturated rings. The summed E-state index contributed by atoms with van der Waals surface area (Å²) in [6, 6.07) is 6.79. The molecule has 2 aliphatic rings. The van der Waals surface area contributed by atoms with Gasteiger partial charge in [-0.05, 0) is 46.3 Å². The summed E-state index contributed by atoms with van der Waals surface area (Å²) < 4.78 is 0. The molecule has 0 amide bonds. The van der Waals surface area contributed by atoms with Gasteiger partial charge in [-0.25, -0.2) is 0 Å². The number of nitrogens with zero attached hydrogens (tertiary/aromatic N) is 1. The van der Waals surface area contributed by atoms with E-state index in [1.54, 1.807) is 0 Å². The largest absolute Gasteiger partial charge is 0.661 e. The monoisotopic (exact) mass is 341 g/mol. The molecule has 24 heavy (non-hydrogen) atoms. The quantitative estimate of drug-likeness (QED) is 0.533. The van der Waals surface area contributed by atoms with Crippen molar-refractivity contribution in [3.05, 3.63) is 53.5 Å². The van der Waals surface area contributed by atoms with Gasteiger partial charge in [-0.3, -0.25) is 0 Å². The van der Waals surface area contributed by atoms with E-state index in [9.17, 15) is 0 Å². The SMILES string of the molecule is C=C[C@]1(C)[C@H](Cl)C[C@H]2[C@@H](c3c[nH]c4cccc(c34)C2(C)C)[C@H]1[N-]C. The number of aromatic amines is 1. The van der Waals surface area contributed by atoms with Crippen LogP contribution in [-0.2, 0) is 5.41 Å². The second-order valence-electron chi connectivity index (χ2n) is 8.30. The number of halogens is 1. The fraction of sp³-hybridized carbons (Fsp3) is 0.524. The maximum absolute atomic E-state index is 6.91. The van der Waals surface area contributed by atoms with Crippen LogP contribution in [-0.4, -0.2) is 23.5 Å². The predicted octanol–water partition coefficient (Wildman–Crippen LogP) is 5.73. The molecule has 1 heterocycles. The molecular formula is C21H26ClN2-. The molecule has 1 aromatic carbocycles. The maximum Gasteiger partial charge on any atom is 0.0459 e. The molecule has 128 valence electrons. The normalized spacial score (nSPS) is 37.2. The predicted molar refractivity (Wildman–Crippen MR) is 103 cm³/mol. The van der Waals surface area contributed by atoms with E-state index >= 15 is 0 Å². The Morgan fingerprint density at radius 2 is 2.08 bits per heavy atom. The molecule has 0 aliphatic heterocycles. The first-order valence-electron chi connectivity index (χ1n) is 8.83. The molecule has 0 spiro atoms. The standard InChI is InChI=1S/C21H26ClN2/c1-6-21(4)16(22)10-14-18(19(21)23-5)12-11-24-15-9-7-8-13(17(12)15)20(14,2)3/h6-9,11,14,16,18-19,24H,1,10H2,2-5H3/q-1/t14-,16+,18+,19+,21+/m0/s1. The number of hydrogen-bond donors (Lipinski definition) is 1. The Bertz CT molecular complexity index is 805. The Balaban J connectivity index is 2.01. The van der Waals surface area contributed by atoms with Crippen molar-refractivity contribution in [1.82, 2.24) is 4.98 Å². The molecule has 2 aromatic rings. The maximum atomic E-state index is 6.91. The first-order valence-corrected chi connectivity index (χ1v) is 9.27. The van der Waals surface area contributed by atoms with Crippen LogP contribution in [0.25, 0.3) is 16.2 Å². The van der Waals surface area contributed by atoms with Crippen LogP contribution in [0.1, 0.15) is 44.2 Å². The zero-order valence-corrected chi connectivity index (χ0v) is 15.7. The van der Waals surface area contributed by atoms with Crippen LogP contribution >= 0.6 is 11.6 Å². The lowest BCUT2D eigenvalue weighted by molar-refractivity contribution is 0.120. The van der Waals surface area contributed by atoms with Gasteiger partial charge in [0.25, 0.3) is 0 Å². The summed E-state index contributed by atoms with van der Waals surface area (Å²) in [5.74, 6) is 0.863. The minimum absolute atomic E-state index is 0.0592. The average Bonchev–Trinajstić information content (AvgIpc) is 2.99. The Labute approximate surface area is 149 Å². The van der Waals surface area contributed by atoms with E-state index < -0.39 is 0 Å². The summed E-state index contributed by atoms with van der Waals surface area (Å²) in [4.78, 5) is 3.49. The van der Waals surface area contributed by atoms with Gasteiger partial charge in [0.15, 0.2) is 0 Å². The van der Waals surface area contributed by atoms with E-state index in [0.717, 1.165) is 6.42 Å². The van der Waals surface area contributed by atoms with Gasteiger partial charge in [-0.15, -0.1) is 24.2 Å². The van der Waals surface area contributed by atoms with Gasteiger partial charge in [0.1, 0.15) is 0 Å². The molecule has 4 rings (SSSR count). The number of rotatable bonds is 2. The van der Waals surface area contributed by atoms with E-state index in [1.807, 2.05) is 13.1 Å². The fourth-order valence-corrected chi connectivity index (χ4v) is 5.85. The van der Waals surface area contributed by atoms with Gasteiger partial charge in [0, 0.05) is 22.5 Å². The highest BCUT2D eigenvalue weighted by Gasteiger charge is 2.53. The van der Waals surface area contributed by atoms with E-state index in [0.29, 0.717) is 11.8 Å². The first-order chi connectivity index (χ1) is 11.4. The fourth-order valence-electron chi connectivity index (χ4n) is 5.44. The van der Waals surface area contributed by atoms with Crippen molar-refractivity contribution in [2.45, 2.75) is 49.9 Å². The summed E-state index contributed by atoms with van der Waals surface area (Å²) >= 11 is 6.91. The molecule has 0 saturated heterocycles. The number of benzene rings is 1. The number of likely N-dealkylation sites (N-methyl/N-ethyl adjacent to an activating group) is 1. The average molecular weight is 342 g/mol. The first kappa shape index (κ1) is 16.2. The van der Waals surface area contributed by atoms with Gasteiger partial charge < -0.3 is 10.3 Å². The lowest BCUT2D eigenvalue weighted by Crippen LogP contribution is -2.54. The zero-order chi connectivity index (χ0) is 17.3. The van der Waals surface area contributed by atoms with Crippen molar-refractivity contribution >= 4 is 22.5 Å². The van der Waals surface area contributed by atoms with Gasteiger partial charge in [0.2, 0.25) is 0 Å². The molecule has 0 bridgehead atoms. The van der Waals surface area contributed by atoms with Crippen LogP contribution in [0.2, 0.25) is 0 Å². The van der Waals surface area contributed by atoms with Crippen molar-refractivity contribution in [3.63, 3.8) is 0 Å². The molecule has 2 aliphatic carbocycles. The highest BCUT2D eigenvalue weighted by atomic mass is 35.5. The summed E-state index contributed by atoms with van der Waals surface area (Å²) in [7, 11) is 1.94. The van der Waals surface area contributed by atoms with Crippen LogP contribution in [0.3, 0.4) is 0 Å². The molecule has 2 nitrogen and oxygen atoms in total. The Hall–Kier alpha value is -1.25. The summed E-state index contributed by atoms with van der Waals surface area (Å²) in [5.41, 5.74) is 3.99. The second-order valence-corrected chi connectivity index (χ2v) is 8.83. The molecule has 5 atom stereocenters. The number of H-pyrrole nitrogens is 1. The van der Waals surface area contributed by atoms with Gasteiger partial charge in [-0.2, -0.15) is 7.05 Å². The zero-order valence-electron chi connectivity index (χ0n) is 14.9. The molecule has 3 heteroatoms. The van der Waals surface area contributed by atoms with Crippen molar-refractivity contribution < 1.29 is 0 Å². The lowest BCUT2D eigenvalue weighted by atomic mass is 9.51. The van der Waals surface area contributed by atoms with Gasteiger partial charge in [-0.1, -0.05) is 39.0 Å². The van der Waals surface area contributed by atoms with Crippen LogP contribution < -0.4 is 0 Å². The third-order valence-electron chi connectivity index (χ3n) is 6.98. The van der Waals surface area contributed by atoms with Crippen molar-refractivity contribution in [2.24, 2.45) is 11.3 Å². The van der Waals surface area contributed by atoms with Gasteiger partial charge in [0.05, 0.1) is 0 Å². The van der Waals surface area contributed by atoms with Crippen LogP contribution in [0, 0.1) is 11.3 Å². The Kier molecular flexibility index (Phi) is 3.47. The number of fused-ring (bicyclic) bond motifs is 2. The molecule has 1 aromatic heterocycles. The van der Waals surface area contributed by atoms with Crippen molar-refractivity contribution in [3.8, 4) is 0 Å². The van der Waals surface area contributed by atoms with Crippen LogP contribution in [0.15, 0.2) is 37.1 Å². The Morgan fingerprint density at radius 1 is 1.33 bits per heavy atom. The van der Waals surface area contributed by atoms with Crippen molar-refractivity contribution in [1.29, 1.82) is 0 Å². The molecule has 1 saturated carbocycles. The smallest absolute Gasteiger partial charge is 0.0459 e. The van der Waals surface area contributed by atoms with Crippen LogP contribution in [0.5, 0.6) is 0 Å². The number of aromatic nitrogens is 1. The van der Waals surface area contributed by atoms with E-state index in [1.165, 1.54) is 22.0 Å². The molecule has 1 N–H and O–H groups in total. The number of hydrogen-bond acceptors (Lipinski definition) is 0. The van der Waals surface area contributed by atoms with E-state index in [-0.39, 0.29) is 22.2 Å². The number of alkyl halides is 1. The molecule has 0 unspecified atom stereocenters. The molecular weight excluding hydrogens is 316 g/mol. The van der Waals surface area contributed by atoms with E-state index in [4.69, 9.17) is 16.9 Å². The third-order valence-corrected chi connectivity index (χ3v) is 7.63. The lowest BCUT2D eigenvalue weighted by Gasteiger charge is -2.61. The minimum Gasteiger partial charge on any atom is -0.661 e. The highest BCUT2D eigenvalue weighted by Crippen LogP contribution is 2.61. The summed E-state index contributed by atoms with van der Waals surface area (Å²) in [6.45, 7) is 11.1. The highest BCUT2D eigenvalue weighted by molar-refractivity contribution is 6.21. The van der Waals surface area contributed by atoms with Gasteiger partial charge >= 0.3 is 0 Å². The van der Waals surface area contributed by atoms with E-state index in [2.05, 4.69) is 56.7 Å². The number of nitrogens with one attached hydrogen (secondary N) is 1. The Morgan fingerprint density at radius 3 is 2.75 bits per heavy atom. The molecule has 0 radical (unpaired) electrons.